The van der Waals surface area contributed by atoms with E-state index in [2.05, 4.69) is 4.98 Å². The summed E-state index contributed by atoms with van der Waals surface area (Å²) < 4.78 is 27.3. The Labute approximate surface area is 143 Å². The van der Waals surface area contributed by atoms with Gasteiger partial charge in [-0.3, -0.25) is 4.98 Å². The van der Waals surface area contributed by atoms with E-state index < -0.39 is 10.0 Å². The third kappa shape index (κ3) is 2.65. The summed E-state index contributed by atoms with van der Waals surface area (Å²) in [6.45, 7) is 0.810. The first kappa shape index (κ1) is 15.1. The predicted molar refractivity (Wildman–Crippen MR) is 92.4 cm³/mol. The maximum Gasteiger partial charge on any atom is 0.252 e. The molecule has 2 aromatic heterocycles. The largest absolute Gasteiger partial charge is 0.252 e. The van der Waals surface area contributed by atoms with Crippen molar-refractivity contribution in [3.63, 3.8) is 0 Å². The van der Waals surface area contributed by atoms with Crippen LogP contribution in [0.15, 0.2) is 46.0 Å². The molecule has 23 heavy (non-hydrogen) atoms. The Morgan fingerprint density at radius 2 is 2.09 bits per heavy atom. The lowest BCUT2D eigenvalue weighted by Crippen LogP contribution is -2.36. The summed E-state index contributed by atoms with van der Waals surface area (Å²) in [6.07, 6.45) is 0.624. The minimum Gasteiger partial charge on any atom is -0.252 e. The van der Waals surface area contributed by atoms with E-state index in [0.29, 0.717) is 28.7 Å². The summed E-state index contributed by atoms with van der Waals surface area (Å²) in [5.74, 6) is 0. The minimum atomic E-state index is -3.42. The Morgan fingerprint density at radius 1 is 1.22 bits per heavy atom. The maximum absolute atomic E-state index is 12.7. The van der Waals surface area contributed by atoms with Crippen LogP contribution in [0.1, 0.15) is 11.3 Å². The second-order valence-electron chi connectivity index (χ2n) is 5.45. The molecule has 0 N–H and O–H groups in total. The first-order valence-electron chi connectivity index (χ1n) is 7.16. The summed E-state index contributed by atoms with van der Waals surface area (Å²) in [5.41, 5.74) is 2.81. The van der Waals surface area contributed by atoms with E-state index >= 15 is 0 Å². The van der Waals surface area contributed by atoms with Gasteiger partial charge in [-0.1, -0.05) is 17.7 Å². The highest BCUT2D eigenvalue weighted by Crippen LogP contribution is 2.29. The van der Waals surface area contributed by atoms with Crippen molar-refractivity contribution in [2.75, 3.05) is 6.54 Å². The standard InChI is InChI=1S/C16H13ClN2O2S2/c17-13-3-4-14-11(9-13)8-12-10-19(6-5-15(12)18-14)23(20,21)16-2-1-7-22-16/h1-4,7-9H,5-6,10H2. The van der Waals surface area contributed by atoms with Crippen molar-refractivity contribution in [1.29, 1.82) is 0 Å². The summed E-state index contributed by atoms with van der Waals surface area (Å²) in [5, 5.41) is 3.37. The zero-order valence-corrected chi connectivity index (χ0v) is 14.5. The molecular formula is C16H13ClN2O2S2. The number of rotatable bonds is 2. The Kier molecular flexibility index (Phi) is 3.65. The van der Waals surface area contributed by atoms with Gasteiger partial charge in [-0.05, 0) is 41.3 Å². The van der Waals surface area contributed by atoms with Crippen LogP contribution in [0.2, 0.25) is 5.02 Å². The van der Waals surface area contributed by atoms with E-state index in [4.69, 9.17) is 11.6 Å². The SMILES string of the molecule is O=S(=O)(c1cccs1)N1CCc2nc3ccc(Cl)cc3cc2C1. The molecule has 118 valence electrons. The molecule has 0 fully saturated rings. The highest BCUT2D eigenvalue weighted by molar-refractivity contribution is 7.91. The van der Waals surface area contributed by atoms with Crippen molar-refractivity contribution in [1.82, 2.24) is 9.29 Å². The van der Waals surface area contributed by atoms with Crippen molar-refractivity contribution in [2.45, 2.75) is 17.2 Å². The second-order valence-corrected chi connectivity index (χ2v) is 9.00. The van der Waals surface area contributed by atoms with E-state index in [9.17, 15) is 8.42 Å². The first-order chi connectivity index (χ1) is 11.0. The fourth-order valence-corrected chi connectivity index (χ4v) is 5.57. The maximum atomic E-state index is 12.7. The van der Waals surface area contributed by atoms with E-state index in [0.717, 1.165) is 22.2 Å². The number of thiophene rings is 1. The highest BCUT2D eigenvalue weighted by atomic mass is 35.5. The molecule has 1 aromatic carbocycles. The first-order valence-corrected chi connectivity index (χ1v) is 9.85. The van der Waals surface area contributed by atoms with Crippen LogP contribution in [0.3, 0.4) is 0 Å². The van der Waals surface area contributed by atoms with Crippen LogP contribution in [0.4, 0.5) is 0 Å². The number of halogens is 1. The van der Waals surface area contributed by atoms with Crippen LogP contribution < -0.4 is 0 Å². The quantitative estimate of drug-likeness (QED) is 0.696. The number of benzene rings is 1. The van der Waals surface area contributed by atoms with Gasteiger partial charge in [-0.15, -0.1) is 11.3 Å². The smallest absolute Gasteiger partial charge is 0.252 e. The lowest BCUT2D eigenvalue weighted by atomic mass is 10.0. The van der Waals surface area contributed by atoms with Crippen molar-refractivity contribution in [2.24, 2.45) is 0 Å². The Morgan fingerprint density at radius 3 is 2.87 bits per heavy atom. The molecule has 0 radical (unpaired) electrons. The number of hydrogen-bond acceptors (Lipinski definition) is 4. The van der Waals surface area contributed by atoms with Crippen molar-refractivity contribution in [3.05, 3.63) is 58.1 Å². The van der Waals surface area contributed by atoms with Gasteiger partial charge in [0.1, 0.15) is 4.21 Å². The molecule has 3 aromatic rings. The molecule has 4 nitrogen and oxygen atoms in total. The van der Waals surface area contributed by atoms with E-state index in [1.807, 2.05) is 24.3 Å². The van der Waals surface area contributed by atoms with Crippen LogP contribution in [-0.4, -0.2) is 24.3 Å². The molecule has 0 amide bonds. The van der Waals surface area contributed by atoms with E-state index in [1.165, 1.54) is 15.6 Å². The molecular weight excluding hydrogens is 352 g/mol. The molecule has 1 aliphatic rings. The van der Waals surface area contributed by atoms with Crippen LogP contribution in [-0.2, 0) is 23.0 Å². The van der Waals surface area contributed by atoms with Crippen molar-refractivity contribution < 1.29 is 8.42 Å². The summed E-state index contributed by atoms with van der Waals surface area (Å²) in [7, 11) is -3.42. The third-order valence-electron chi connectivity index (χ3n) is 3.98. The van der Waals surface area contributed by atoms with E-state index in [-0.39, 0.29) is 0 Å². The topological polar surface area (TPSA) is 50.3 Å². The van der Waals surface area contributed by atoms with Gasteiger partial charge in [-0.25, -0.2) is 8.42 Å². The second kappa shape index (κ2) is 5.56. The molecule has 0 saturated carbocycles. The lowest BCUT2D eigenvalue weighted by Gasteiger charge is -2.27. The summed E-state index contributed by atoms with van der Waals surface area (Å²) in [6, 6.07) is 11.0. The minimum absolute atomic E-state index is 0.352. The average molecular weight is 365 g/mol. The molecule has 1 aliphatic heterocycles. The monoisotopic (exact) mass is 364 g/mol. The molecule has 0 spiro atoms. The van der Waals surface area contributed by atoms with Gasteiger partial charge < -0.3 is 0 Å². The van der Waals surface area contributed by atoms with Gasteiger partial charge in [-0.2, -0.15) is 4.31 Å². The number of hydrogen-bond donors (Lipinski definition) is 0. The zero-order chi connectivity index (χ0) is 16.0. The van der Waals surface area contributed by atoms with Gasteiger partial charge in [0, 0.05) is 35.6 Å². The zero-order valence-electron chi connectivity index (χ0n) is 12.1. The molecule has 0 atom stereocenters. The van der Waals surface area contributed by atoms with Crippen LogP contribution in [0.25, 0.3) is 10.9 Å². The molecule has 3 heterocycles. The Hall–Kier alpha value is -1.47. The number of aromatic nitrogens is 1. The normalized spacial score (nSPS) is 15.7. The molecule has 0 aliphatic carbocycles. The predicted octanol–water partition coefficient (Wildman–Crippen LogP) is 3.70. The van der Waals surface area contributed by atoms with Gasteiger partial charge in [0.15, 0.2) is 0 Å². The summed E-state index contributed by atoms with van der Waals surface area (Å²) >= 11 is 7.28. The van der Waals surface area contributed by atoms with Gasteiger partial charge >= 0.3 is 0 Å². The van der Waals surface area contributed by atoms with Crippen LogP contribution in [0.5, 0.6) is 0 Å². The van der Waals surface area contributed by atoms with Gasteiger partial charge in [0.05, 0.1) is 5.52 Å². The molecule has 7 heteroatoms. The number of fused-ring (bicyclic) bond motifs is 2. The molecule has 4 rings (SSSR count). The van der Waals surface area contributed by atoms with Crippen molar-refractivity contribution in [3.8, 4) is 0 Å². The van der Waals surface area contributed by atoms with Gasteiger partial charge in [0.2, 0.25) is 0 Å². The molecule has 0 bridgehead atoms. The van der Waals surface area contributed by atoms with Crippen LogP contribution in [0, 0.1) is 0 Å². The fraction of sp³-hybridized carbons (Fsp3) is 0.188. The van der Waals surface area contributed by atoms with Crippen molar-refractivity contribution >= 4 is 43.9 Å². The Bertz CT molecular complexity index is 985. The number of sulfonamides is 1. The summed E-state index contributed by atoms with van der Waals surface area (Å²) in [4.78, 5) is 4.66. The van der Waals surface area contributed by atoms with E-state index in [1.54, 1.807) is 17.5 Å². The number of pyridine rings is 1. The lowest BCUT2D eigenvalue weighted by molar-refractivity contribution is 0.389. The average Bonchev–Trinajstić information content (AvgIpc) is 3.07. The highest BCUT2D eigenvalue weighted by Gasteiger charge is 2.29. The number of nitrogens with zero attached hydrogens (tertiary/aromatic N) is 2. The third-order valence-corrected chi connectivity index (χ3v) is 7.43. The van der Waals surface area contributed by atoms with Crippen LogP contribution >= 0.6 is 22.9 Å². The Balaban J connectivity index is 1.74. The fourth-order valence-electron chi connectivity index (χ4n) is 2.83. The molecule has 0 saturated heterocycles. The molecule has 0 unspecified atom stereocenters. The van der Waals surface area contributed by atoms with Gasteiger partial charge in [0.25, 0.3) is 10.0 Å².